The lowest BCUT2D eigenvalue weighted by Crippen LogP contribution is -2.51. The third kappa shape index (κ3) is 8.14. The number of hydrogen-bond acceptors (Lipinski definition) is 7. The number of amides is 2. The van der Waals surface area contributed by atoms with Crippen molar-refractivity contribution in [1.29, 1.82) is 0 Å². The molecule has 0 radical (unpaired) electrons. The molecule has 3 atom stereocenters. The minimum Gasteiger partial charge on any atom is -0.462 e. The molecule has 2 amide bonds. The van der Waals surface area contributed by atoms with Gasteiger partial charge in [-0.2, -0.15) is 0 Å². The van der Waals surface area contributed by atoms with Crippen molar-refractivity contribution in [2.45, 2.75) is 96.1 Å². The van der Waals surface area contributed by atoms with Crippen LogP contribution in [0.1, 0.15) is 84.5 Å². The van der Waals surface area contributed by atoms with E-state index in [0.717, 1.165) is 70.8 Å². The van der Waals surface area contributed by atoms with Crippen LogP contribution < -0.4 is 5.32 Å². The van der Waals surface area contributed by atoms with E-state index in [4.69, 9.17) is 18.9 Å². The van der Waals surface area contributed by atoms with Gasteiger partial charge < -0.3 is 29.2 Å². The van der Waals surface area contributed by atoms with Crippen molar-refractivity contribution in [2.75, 3.05) is 40.1 Å². The quantitative estimate of drug-likeness (QED) is 0.214. The number of alkyl carbamates (subject to hydrolysis) is 1. The standard InChI is InChI=1S/C31H50N2O7/c1-5-27(34)38-17-23-10-12-25(13-11-23)19-40-29(36)33-21-30(2)14-26(15-31(33,3)20-30)32-28(35)39-18-24-8-6-22(7-9-24)16-37-4/h5,22-26H,1,6-21H2,2-4H3,(H,32,35). The highest BCUT2D eigenvalue weighted by atomic mass is 16.6. The molecule has 4 rings (SSSR count). The van der Waals surface area contributed by atoms with Crippen LogP contribution in [0.5, 0.6) is 0 Å². The van der Waals surface area contributed by atoms with Crippen LogP contribution in [0.2, 0.25) is 0 Å². The molecule has 2 bridgehead atoms. The lowest BCUT2D eigenvalue weighted by Gasteiger charge is -2.41. The van der Waals surface area contributed by atoms with Crippen molar-refractivity contribution in [3.63, 3.8) is 0 Å². The molecule has 0 aromatic heterocycles. The van der Waals surface area contributed by atoms with Gasteiger partial charge in [0.1, 0.15) is 0 Å². The highest BCUT2D eigenvalue weighted by molar-refractivity contribution is 5.81. The molecule has 9 nitrogen and oxygen atoms in total. The minimum atomic E-state index is -0.375. The fraction of sp³-hybridized carbons (Fsp3) is 0.839. The molecule has 3 aliphatic carbocycles. The number of esters is 1. The van der Waals surface area contributed by atoms with E-state index >= 15 is 0 Å². The van der Waals surface area contributed by atoms with Crippen LogP contribution in [0, 0.1) is 29.1 Å². The summed E-state index contributed by atoms with van der Waals surface area (Å²) in [6.07, 6.45) is 11.3. The molecule has 3 unspecified atom stereocenters. The smallest absolute Gasteiger partial charge is 0.410 e. The van der Waals surface area contributed by atoms with Gasteiger partial charge in [0, 0.05) is 37.9 Å². The number of hydrogen-bond donors (Lipinski definition) is 1. The lowest BCUT2D eigenvalue weighted by molar-refractivity contribution is -0.139. The van der Waals surface area contributed by atoms with Gasteiger partial charge in [-0.3, -0.25) is 0 Å². The van der Waals surface area contributed by atoms with Gasteiger partial charge in [0.2, 0.25) is 0 Å². The number of methoxy groups -OCH3 is 1. The normalized spacial score (nSPS) is 35.5. The molecule has 226 valence electrons. The summed E-state index contributed by atoms with van der Waals surface area (Å²) in [5.74, 6) is 1.37. The molecule has 3 saturated carbocycles. The van der Waals surface area contributed by atoms with Gasteiger partial charge in [-0.05, 0) is 107 Å². The molecular weight excluding hydrogens is 512 g/mol. The van der Waals surface area contributed by atoms with Gasteiger partial charge >= 0.3 is 18.2 Å². The van der Waals surface area contributed by atoms with Crippen molar-refractivity contribution < 1.29 is 33.3 Å². The second kappa shape index (κ2) is 13.6. The fourth-order valence-electron chi connectivity index (χ4n) is 7.84. The summed E-state index contributed by atoms with van der Waals surface area (Å²) in [5.41, 5.74) is -0.418. The van der Waals surface area contributed by atoms with Gasteiger partial charge in [-0.1, -0.05) is 13.5 Å². The molecule has 0 aromatic rings. The number of nitrogens with zero attached hydrogens (tertiary/aromatic N) is 1. The summed E-state index contributed by atoms with van der Waals surface area (Å²) in [5, 5.41) is 3.11. The third-order valence-electron chi connectivity index (χ3n) is 9.82. The van der Waals surface area contributed by atoms with E-state index in [0.29, 0.717) is 56.5 Å². The van der Waals surface area contributed by atoms with Crippen LogP contribution in [0.25, 0.3) is 0 Å². The summed E-state index contributed by atoms with van der Waals surface area (Å²) in [6, 6.07) is -0.0306. The Bertz CT molecular complexity index is 896. The number of ether oxygens (including phenoxy) is 4. The molecule has 1 heterocycles. The lowest BCUT2D eigenvalue weighted by atomic mass is 9.70. The van der Waals surface area contributed by atoms with Gasteiger partial charge in [0.25, 0.3) is 0 Å². The molecule has 1 saturated heterocycles. The van der Waals surface area contributed by atoms with E-state index in [1.165, 1.54) is 6.08 Å². The molecule has 1 aliphatic heterocycles. The van der Waals surface area contributed by atoms with Crippen LogP contribution >= 0.6 is 0 Å². The zero-order valence-electron chi connectivity index (χ0n) is 24.8. The molecule has 9 heteroatoms. The first-order valence-corrected chi connectivity index (χ1v) is 15.3. The second-order valence-electron chi connectivity index (χ2n) is 13.6. The fourth-order valence-corrected chi connectivity index (χ4v) is 7.84. The van der Waals surface area contributed by atoms with E-state index < -0.39 is 0 Å². The number of nitrogens with one attached hydrogen (secondary N) is 1. The summed E-state index contributed by atoms with van der Waals surface area (Å²) in [6.45, 7) is 10.5. The zero-order valence-corrected chi connectivity index (χ0v) is 24.8. The van der Waals surface area contributed by atoms with Crippen molar-refractivity contribution >= 4 is 18.2 Å². The highest BCUT2D eigenvalue weighted by Gasteiger charge is 2.56. The Balaban J connectivity index is 1.18. The summed E-state index contributed by atoms with van der Waals surface area (Å²) >= 11 is 0. The molecule has 4 fully saturated rings. The predicted molar refractivity (Wildman–Crippen MR) is 151 cm³/mol. The van der Waals surface area contributed by atoms with Gasteiger partial charge in [-0.25, -0.2) is 14.4 Å². The number of carbonyl (C=O) groups excluding carboxylic acids is 3. The first kappa shape index (κ1) is 30.7. The molecule has 0 spiro atoms. The van der Waals surface area contributed by atoms with E-state index in [9.17, 15) is 14.4 Å². The van der Waals surface area contributed by atoms with E-state index in [1.54, 1.807) is 7.11 Å². The largest absolute Gasteiger partial charge is 0.462 e. The average molecular weight is 563 g/mol. The molecular formula is C31H50N2O7. The first-order valence-electron chi connectivity index (χ1n) is 15.3. The van der Waals surface area contributed by atoms with Crippen LogP contribution in [0.15, 0.2) is 12.7 Å². The van der Waals surface area contributed by atoms with Crippen molar-refractivity contribution in [3.05, 3.63) is 12.7 Å². The zero-order chi connectivity index (χ0) is 28.8. The molecule has 0 aromatic carbocycles. The maximum absolute atomic E-state index is 13.2. The van der Waals surface area contributed by atoms with Crippen LogP contribution in [-0.4, -0.2) is 74.7 Å². The van der Waals surface area contributed by atoms with Gasteiger partial charge in [0.05, 0.1) is 19.8 Å². The first-order chi connectivity index (χ1) is 19.1. The second-order valence-corrected chi connectivity index (χ2v) is 13.6. The number of carbonyl (C=O) groups is 3. The monoisotopic (exact) mass is 562 g/mol. The number of likely N-dealkylation sites (tertiary alicyclic amines) is 1. The van der Waals surface area contributed by atoms with Crippen molar-refractivity contribution in [3.8, 4) is 0 Å². The highest BCUT2D eigenvalue weighted by Crippen LogP contribution is 2.51. The van der Waals surface area contributed by atoms with Gasteiger partial charge in [0.15, 0.2) is 0 Å². The Morgan fingerprint density at radius 2 is 1.35 bits per heavy atom. The van der Waals surface area contributed by atoms with Crippen LogP contribution in [-0.2, 0) is 23.7 Å². The summed E-state index contributed by atoms with van der Waals surface area (Å²) < 4.78 is 22.0. The van der Waals surface area contributed by atoms with Crippen LogP contribution in [0.3, 0.4) is 0 Å². The maximum Gasteiger partial charge on any atom is 0.410 e. The predicted octanol–water partition coefficient (Wildman–Crippen LogP) is 5.47. The molecule has 4 aliphatic rings. The Hall–Kier alpha value is -2.29. The van der Waals surface area contributed by atoms with E-state index in [-0.39, 0.29) is 35.2 Å². The molecule has 40 heavy (non-hydrogen) atoms. The Morgan fingerprint density at radius 1 is 0.825 bits per heavy atom. The molecule has 1 N–H and O–H groups in total. The Morgan fingerprint density at radius 3 is 1.90 bits per heavy atom. The minimum absolute atomic E-state index is 0.0306. The topological polar surface area (TPSA) is 103 Å². The van der Waals surface area contributed by atoms with Crippen molar-refractivity contribution in [1.82, 2.24) is 10.2 Å². The summed E-state index contributed by atoms with van der Waals surface area (Å²) in [4.78, 5) is 39.1. The number of rotatable bonds is 10. The SMILES string of the molecule is C=CC(=O)OCC1CCC(COC(=O)N2CC3(C)CC(NC(=O)OCC4CCC(COC)CC4)CC2(C)C3)CC1. The van der Waals surface area contributed by atoms with Crippen molar-refractivity contribution in [2.24, 2.45) is 29.1 Å². The Labute approximate surface area is 239 Å². The number of fused-ring (bicyclic) bond motifs is 2. The van der Waals surface area contributed by atoms with E-state index in [1.807, 2.05) is 4.90 Å². The van der Waals surface area contributed by atoms with Crippen LogP contribution in [0.4, 0.5) is 9.59 Å². The average Bonchev–Trinajstić information content (AvgIpc) is 3.13. The Kier molecular flexibility index (Phi) is 10.4. The summed E-state index contributed by atoms with van der Waals surface area (Å²) in [7, 11) is 1.75. The van der Waals surface area contributed by atoms with Gasteiger partial charge in [-0.15, -0.1) is 0 Å². The third-order valence-corrected chi connectivity index (χ3v) is 9.82. The van der Waals surface area contributed by atoms with E-state index in [2.05, 4.69) is 25.7 Å². The maximum atomic E-state index is 13.2.